The highest BCUT2D eigenvalue weighted by Gasteiger charge is 2.31. The van der Waals surface area contributed by atoms with Gasteiger partial charge >= 0.3 is 0 Å². The number of aliphatic hydroxyl groups excluding tert-OH is 1. The predicted octanol–water partition coefficient (Wildman–Crippen LogP) is 3.43. The van der Waals surface area contributed by atoms with Gasteiger partial charge in [0, 0.05) is 0 Å². The van der Waals surface area contributed by atoms with Crippen molar-refractivity contribution in [3.63, 3.8) is 0 Å². The Balaban J connectivity index is 2.25. The summed E-state index contributed by atoms with van der Waals surface area (Å²) in [5, 5.41) is 10.1. The smallest absolute Gasteiger partial charge is 0.0818 e. The highest BCUT2D eigenvalue weighted by Crippen LogP contribution is 2.41. The summed E-state index contributed by atoms with van der Waals surface area (Å²) in [6, 6.07) is 8.39. The van der Waals surface area contributed by atoms with Crippen molar-refractivity contribution >= 4 is 0 Å². The Morgan fingerprint density at radius 3 is 2.47 bits per heavy atom. The molecule has 1 unspecified atom stereocenters. The van der Waals surface area contributed by atoms with Crippen LogP contribution in [0.15, 0.2) is 24.3 Å². The van der Waals surface area contributed by atoms with E-state index in [2.05, 4.69) is 39.0 Å². The molecule has 1 aromatic rings. The van der Waals surface area contributed by atoms with Gasteiger partial charge in [-0.2, -0.15) is 0 Å². The van der Waals surface area contributed by atoms with Crippen LogP contribution in [0.2, 0.25) is 0 Å². The van der Waals surface area contributed by atoms with E-state index >= 15 is 0 Å². The first-order valence-corrected chi connectivity index (χ1v) is 5.77. The first-order valence-electron chi connectivity index (χ1n) is 5.77. The minimum Gasteiger partial charge on any atom is -0.388 e. The molecule has 1 aliphatic rings. The van der Waals surface area contributed by atoms with E-state index in [1.165, 1.54) is 18.4 Å². The zero-order valence-corrected chi connectivity index (χ0v) is 9.83. The highest BCUT2D eigenvalue weighted by atomic mass is 16.3. The SMILES string of the molecule is CC(C)(C)c1cccc(C(O)C2CC2)c1. The molecule has 1 N–H and O–H groups in total. The van der Waals surface area contributed by atoms with Gasteiger partial charge in [-0.05, 0) is 35.3 Å². The summed E-state index contributed by atoms with van der Waals surface area (Å²) in [6.45, 7) is 6.61. The van der Waals surface area contributed by atoms with Gasteiger partial charge in [-0.1, -0.05) is 45.0 Å². The minimum absolute atomic E-state index is 0.166. The van der Waals surface area contributed by atoms with Crippen LogP contribution in [0.3, 0.4) is 0 Å². The van der Waals surface area contributed by atoms with E-state index in [9.17, 15) is 5.11 Å². The van der Waals surface area contributed by atoms with Crippen molar-refractivity contribution < 1.29 is 5.11 Å². The highest BCUT2D eigenvalue weighted by molar-refractivity contribution is 5.30. The van der Waals surface area contributed by atoms with Gasteiger partial charge in [0.25, 0.3) is 0 Å². The van der Waals surface area contributed by atoms with E-state index in [4.69, 9.17) is 0 Å². The summed E-state index contributed by atoms with van der Waals surface area (Å²) in [5.41, 5.74) is 2.56. The molecule has 15 heavy (non-hydrogen) atoms. The predicted molar refractivity (Wildman–Crippen MR) is 62.8 cm³/mol. The molecule has 1 heteroatoms. The summed E-state index contributed by atoms with van der Waals surface area (Å²) in [4.78, 5) is 0. The maximum Gasteiger partial charge on any atom is 0.0818 e. The van der Waals surface area contributed by atoms with Crippen LogP contribution in [0.4, 0.5) is 0 Å². The lowest BCUT2D eigenvalue weighted by atomic mass is 9.85. The average Bonchev–Trinajstić information content (AvgIpc) is 2.99. The second-order valence-corrected chi connectivity index (χ2v) is 5.66. The minimum atomic E-state index is -0.243. The van der Waals surface area contributed by atoms with Gasteiger partial charge in [0.2, 0.25) is 0 Å². The van der Waals surface area contributed by atoms with Crippen LogP contribution in [0, 0.1) is 5.92 Å². The third-order valence-electron chi connectivity index (χ3n) is 3.16. The quantitative estimate of drug-likeness (QED) is 0.782. The molecule has 0 aromatic heterocycles. The van der Waals surface area contributed by atoms with E-state index in [-0.39, 0.29) is 11.5 Å². The normalized spacial score (nSPS) is 18.9. The van der Waals surface area contributed by atoms with Crippen LogP contribution < -0.4 is 0 Å². The topological polar surface area (TPSA) is 20.2 Å². The summed E-state index contributed by atoms with van der Waals surface area (Å²) >= 11 is 0. The number of rotatable bonds is 2. The maximum atomic E-state index is 10.1. The molecule has 1 nitrogen and oxygen atoms in total. The van der Waals surface area contributed by atoms with Crippen molar-refractivity contribution in [1.29, 1.82) is 0 Å². The lowest BCUT2D eigenvalue weighted by molar-refractivity contribution is 0.153. The monoisotopic (exact) mass is 204 g/mol. The molecule has 2 rings (SSSR count). The van der Waals surface area contributed by atoms with E-state index in [1.807, 2.05) is 6.07 Å². The summed E-state index contributed by atoms with van der Waals surface area (Å²) in [7, 11) is 0. The van der Waals surface area contributed by atoms with Gasteiger partial charge in [0.1, 0.15) is 0 Å². The molecule has 1 aliphatic carbocycles. The molecule has 82 valence electrons. The molecular formula is C14H20O. The Hall–Kier alpha value is -0.820. The van der Waals surface area contributed by atoms with Crippen LogP contribution in [0.25, 0.3) is 0 Å². The van der Waals surface area contributed by atoms with E-state index < -0.39 is 0 Å². The molecule has 1 aromatic carbocycles. The lowest BCUT2D eigenvalue weighted by Gasteiger charge is -2.21. The molecule has 1 atom stereocenters. The van der Waals surface area contributed by atoms with Crippen LogP contribution in [0.5, 0.6) is 0 Å². The Labute approximate surface area is 92.1 Å². The van der Waals surface area contributed by atoms with Gasteiger partial charge in [0.05, 0.1) is 6.10 Å². The molecule has 0 saturated heterocycles. The molecule has 0 amide bonds. The van der Waals surface area contributed by atoms with Crippen molar-refractivity contribution in [2.24, 2.45) is 5.92 Å². The van der Waals surface area contributed by atoms with Crippen molar-refractivity contribution in [1.82, 2.24) is 0 Å². The fraction of sp³-hybridized carbons (Fsp3) is 0.571. The van der Waals surface area contributed by atoms with E-state index in [0.717, 1.165) is 5.56 Å². The molecule has 0 radical (unpaired) electrons. The maximum absolute atomic E-state index is 10.1. The Kier molecular flexibility index (Phi) is 2.59. The lowest BCUT2D eigenvalue weighted by Crippen LogP contribution is -2.12. The van der Waals surface area contributed by atoms with Crippen molar-refractivity contribution in [2.45, 2.75) is 45.1 Å². The standard InChI is InChI=1S/C14H20O/c1-14(2,3)12-6-4-5-11(9-12)13(15)10-7-8-10/h4-6,9-10,13,15H,7-8H2,1-3H3. The van der Waals surface area contributed by atoms with Crippen molar-refractivity contribution in [3.05, 3.63) is 35.4 Å². The van der Waals surface area contributed by atoms with Crippen molar-refractivity contribution in [2.75, 3.05) is 0 Å². The van der Waals surface area contributed by atoms with Gasteiger partial charge in [0.15, 0.2) is 0 Å². The Bertz CT molecular complexity index is 345. The molecular weight excluding hydrogens is 184 g/mol. The fourth-order valence-electron chi connectivity index (χ4n) is 1.87. The molecule has 1 fully saturated rings. The molecule has 0 spiro atoms. The van der Waals surface area contributed by atoms with Gasteiger partial charge in [-0.15, -0.1) is 0 Å². The average molecular weight is 204 g/mol. The van der Waals surface area contributed by atoms with Gasteiger partial charge < -0.3 is 5.11 Å². The summed E-state index contributed by atoms with van der Waals surface area (Å²) in [5.74, 6) is 0.514. The zero-order valence-electron chi connectivity index (χ0n) is 9.83. The summed E-state index contributed by atoms with van der Waals surface area (Å²) in [6.07, 6.45) is 2.12. The third-order valence-corrected chi connectivity index (χ3v) is 3.16. The van der Waals surface area contributed by atoms with Gasteiger partial charge in [-0.25, -0.2) is 0 Å². The van der Waals surface area contributed by atoms with Crippen LogP contribution in [-0.2, 0) is 5.41 Å². The summed E-state index contributed by atoms with van der Waals surface area (Å²) < 4.78 is 0. The van der Waals surface area contributed by atoms with Crippen LogP contribution >= 0.6 is 0 Å². The number of hydrogen-bond acceptors (Lipinski definition) is 1. The zero-order chi connectivity index (χ0) is 11.1. The largest absolute Gasteiger partial charge is 0.388 e. The van der Waals surface area contributed by atoms with Crippen molar-refractivity contribution in [3.8, 4) is 0 Å². The second-order valence-electron chi connectivity index (χ2n) is 5.66. The molecule has 0 bridgehead atoms. The van der Waals surface area contributed by atoms with E-state index in [1.54, 1.807) is 0 Å². The number of hydrogen-bond donors (Lipinski definition) is 1. The Morgan fingerprint density at radius 1 is 1.27 bits per heavy atom. The van der Waals surface area contributed by atoms with Crippen LogP contribution in [0.1, 0.15) is 50.8 Å². The van der Waals surface area contributed by atoms with Crippen LogP contribution in [-0.4, -0.2) is 5.11 Å². The number of benzene rings is 1. The molecule has 0 heterocycles. The number of aliphatic hydroxyl groups is 1. The second kappa shape index (κ2) is 3.64. The fourth-order valence-corrected chi connectivity index (χ4v) is 1.87. The molecule has 1 saturated carbocycles. The third kappa shape index (κ3) is 2.40. The first-order chi connectivity index (χ1) is 6.98. The Morgan fingerprint density at radius 2 is 1.93 bits per heavy atom. The van der Waals surface area contributed by atoms with Gasteiger partial charge in [-0.3, -0.25) is 0 Å². The first kappa shape index (κ1) is 10.7. The molecule has 0 aliphatic heterocycles. The van der Waals surface area contributed by atoms with E-state index in [0.29, 0.717) is 5.92 Å².